The first-order valence-corrected chi connectivity index (χ1v) is 10.5. The van der Waals surface area contributed by atoms with Gasteiger partial charge in [-0.1, -0.05) is 19.0 Å². The second-order valence-corrected chi connectivity index (χ2v) is 8.79. The molecule has 1 aromatic rings. The molecular formula is C21H39N5O3. The number of nitrogens with one attached hydrogen (secondary N) is 3. The number of hydrogen-bond acceptors (Lipinski definition) is 5. The van der Waals surface area contributed by atoms with Crippen LogP contribution in [0.3, 0.4) is 0 Å². The van der Waals surface area contributed by atoms with Crippen molar-refractivity contribution in [3.63, 3.8) is 0 Å². The lowest BCUT2D eigenvalue weighted by Crippen LogP contribution is -2.54. The Morgan fingerprint density at radius 2 is 1.83 bits per heavy atom. The minimum absolute atomic E-state index is 0.391. The number of nitrogens with zero attached hydrogens (tertiary/aromatic N) is 2. The van der Waals surface area contributed by atoms with Crippen molar-refractivity contribution in [2.24, 2.45) is 4.99 Å². The number of aliphatic imine (C=N–C) groups is 1. The molecule has 0 unspecified atom stereocenters. The number of hydrogen-bond donors (Lipinski definition) is 3. The monoisotopic (exact) mass is 409 g/mol. The number of carbonyl (C=O) groups is 1. The van der Waals surface area contributed by atoms with E-state index in [1.165, 1.54) is 0 Å². The molecule has 0 saturated heterocycles. The normalized spacial score (nSPS) is 12.8. The van der Waals surface area contributed by atoms with Gasteiger partial charge < -0.3 is 25.2 Å². The molecule has 0 radical (unpaired) electrons. The van der Waals surface area contributed by atoms with Crippen LogP contribution >= 0.6 is 0 Å². The van der Waals surface area contributed by atoms with Crippen molar-refractivity contribution in [1.82, 2.24) is 21.1 Å². The van der Waals surface area contributed by atoms with E-state index in [9.17, 15) is 4.79 Å². The minimum Gasteiger partial charge on any atom is -0.444 e. The first kappa shape index (κ1) is 24.8. The highest BCUT2D eigenvalue weighted by molar-refractivity contribution is 5.80. The molecule has 0 aliphatic carbocycles. The molecule has 29 heavy (non-hydrogen) atoms. The quantitative estimate of drug-likeness (QED) is 0.422. The third-order valence-electron chi connectivity index (χ3n) is 4.26. The molecule has 0 atom stereocenters. The zero-order valence-corrected chi connectivity index (χ0v) is 19.3. The Morgan fingerprint density at radius 3 is 2.38 bits per heavy atom. The van der Waals surface area contributed by atoms with E-state index in [2.05, 4.69) is 39.9 Å². The van der Waals surface area contributed by atoms with E-state index in [1.807, 2.05) is 47.6 Å². The average molecular weight is 410 g/mol. The summed E-state index contributed by atoms with van der Waals surface area (Å²) in [6.07, 6.45) is 1.63. The summed E-state index contributed by atoms with van der Waals surface area (Å²) in [6, 6.07) is 1.98. The predicted octanol–water partition coefficient (Wildman–Crippen LogP) is 3.94. The van der Waals surface area contributed by atoms with E-state index in [1.54, 1.807) is 0 Å². The summed E-state index contributed by atoms with van der Waals surface area (Å²) >= 11 is 0. The second-order valence-electron chi connectivity index (χ2n) is 8.79. The van der Waals surface area contributed by atoms with Gasteiger partial charge in [0.15, 0.2) is 11.7 Å². The van der Waals surface area contributed by atoms with Crippen molar-refractivity contribution in [2.45, 2.75) is 91.8 Å². The lowest BCUT2D eigenvalue weighted by atomic mass is 9.99. The van der Waals surface area contributed by atoms with Crippen LogP contribution in [-0.2, 0) is 11.3 Å². The molecule has 1 rings (SSSR count). The van der Waals surface area contributed by atoms with Gasteiger partial charge >= 0.3 is 6.09 Å². The van der Waals surface area contributed by atoms with Gasteiger partial charge in [-0.05, 0) is 54.4 Å². The van der Waals surface area contributed by atoms with Crippen molar-refractivity contribution >= 4 is 12.1 Å². The molecule has 8 heteroatoms. The number of alkyl carbamates (subject to hydrolysis) is 1. The van der Waals surface area contributed by atoms with Crippen LogP contribution in [0.4, 0.5) is 4.79 Å². The van der Waals surface area contributed by atoms with E-state index in [4.69, 9.17) is 9.26 Å². The third kappa shape index (κ3) is 9.67. The van der Waals surface area contributed by atoms with Crippen LogP contribution in [0.25, 0.3) is 0 Å². The maximum Gasteiger partial charge on any atom is 0.408 e. The Kier molecular flexibility index (Phi) is 9.46. The molecule has 166 valence electrons. The average Bonchev–Trinajstić information content (AvgIpc) is 3.05. The van der Waals surface area contributed by atoms with Gasteiger partial charge in [-0.3, -0.25) is 0 Å². The van der Waals surface area contributed by atoms with Gasteiger partial charge in [0.05, 0.1) is 11.2 Å². The van der Waals surface area contributed by atoms with Crippen LogP contribution in [0.5, 0.6) is 0 Å². The predicted molar refractivity (Wildman–Crippen MR) is 116 cm³/mol. The van der Waals surface area contributed by atoms with Crippen molar-refractivity contribution in [2.75, 3.05) is 13.1 Å². The molecule has 1 amide bonds. The molecule has 0 bridgehead atoms. The molecule has 0 fully saturated rings. The molecular weight excluding hydrogens is 370 g/mol. The summed E-state index contributed by atoms with van der Waals surface area (Å²) in [5.74, 6) is 1.80. The summed E-state index contributed by atoms with van der Waals surface area (Å²) in [4.78, 5) is 16.6. The largest absolute Gasteiger partial charge is 0.444 e. The van der Waals surface area contributed by atoms with Crippen molar-refractivity contribution in [3.8, 4) is 0 Å². The molecule has 1 aromatic heterocycles. The number of amides is 1. The molecule has 0 spiro atoms. The summed E-state index contributed by atoms with van der Waals surface area (Å²) < 4.78 is 10.8. The maximum absolute atomic E-state index is 12.0. The van der Waals surface area contributed by atoms with Gasteiger partial charge in [0.25, 0.3) is 0 Å². The zero-order chi connectivity index (χ0) is 22.1. The van der Waals surface area contributed by atoms with Crippen molar-refractivity contribution in [3.05, 3.63) is 17.5 Å². The van der Waals surface area contributed by atoms with Crippen molar-refractivity contribution < 1.29 is 14.1 Å². The Balaban J connectivity index is 2.67. The Labute approximate surface area is 175 Å². The van der Waals surface area contributed by atoms with E-state index in [-0.39, 0.29) is 0 Å². The minimum atomic E-state index is -0.533. The Morgan fingerprint density at radius 1 is 1.17 bits per heavy atom. The summed E-state index contributed by atoms with van der Waals surface area (Å²) in [5, 5.41) is 13.5. The van der Waals surface area contributed by atoms with Crippen LogP contribution in [-0.4, -0.2) is 41.4 Å². The van der Waals surface area contributed by atoms with E-state index >= 15 is 0 Å². The first-order valence-electron chi connectivity index (χ1n) is 10.5. The van der Waals surface area contributed by atoms with Gasteiger partial charge in [-0.15, -0.1) is 0 Å². The topological polar surface area (TPSA) is 101 Å². The van der Waals surface area contributed by atoms with Gasteiger partial charge in [0.1, 0.15) is 12.1 Å². The van der Waals surface area contributed by atoms with E-state index < -0.39 is 17.2 Å². The first-order chi connectivity index (χ1) is 13.5. The lowest BCUT2D eigenvalue weighted by molar-refractivity contribution is 0.0474. The molecule has 0 aliphatic rings. The van der Waals surface area contributed by atoms with E-state index in [0.29, 0.717) is 25.0 Å². The van der Waals surface area contributed by atoms with Crippen molar-refractivity contribution in [1.29, 1.82) is 0 Å². The SMILES string of the molecule is CCNC(=NCc1cc(C(CC)CC)no1)NCC(C)(C)NC(=O)OC(C)(C)C. The van der Waals surface area contributed by atoms with Gasteiger partial charge in [0.2, 0.25) is 0 Å². The fourth-order valence-electron chi connectivity index (χ4n) is 2.73. The van der Waals surface area contributed by atoms with Gasteiger partial charge in [-0.2, -0.15) is 0 Å². The van der Waals surface area contributed by atoms with E-state index in [0.717, 1.165) is 30.8 Å². The standard InChI is InChI=1S/C21H39N5O3/c1-9-15(10-2)17-12-16(29-26-17)13-23-18(22-11-3)24-14-21(7,8)25-19(27)28-20(4,5)6/h12,15H,9-11,13-14H2,1-8H3,(H,25,27)(H2,22,23,24). The van der Waals surface area contributed by atoms with Crippen LogP contribution in [0.15, 0.2) is 15.6 Å². The van der Waals surface area contributed by atoms with Gasteiger partial charge in [-0.25, -0.2) is 9.79 Å². The molecule has 3 N–H and O–H groups in total. The molecule has 0 aliphatic heterocycles. The molecule has 1 heterocycles. The fraction of sp³-hybridized carbons (Fsp3) is 0.762. The summed E-state index contributed by atoms with van der Waals surface area (Å²) in [5.41, 5.74) is -0.0668. The third-order valence-corrected chi connectivity index (χ3v) is 4.26. The van der Waals surface area contributed by atoms with Crippen LogP contribution in [0.1, 0.15) is 85.6 Å². The summed E-state index contributed by atoms with van der Waals surface area (Å²) in [6.45, 7) is 17.3. The summed E-state index contributed by atoms with van der Waals surface area (Å²) in [7, 11) is 0. The highest BCUT2D eigenvalue weighted by Crippen LogP contribution is 2.22. The molecule has 0 saturated carbocycles. The highest BCUT2D eigenvalue weighted by atomic mass is 16.6. The van der Waals surface area contributed by atoms with Crippen LogP contribution < -0.4 is 16.0 Å². The zero-order valence-electron chi connectivity index (χ0n) is 19.3. The Bertz CT molecular complexity index is 658. The van der Waals surface area contributed by atoms with Crippen LogP contribution in [0.2, 0.25) is 0 Å². The van der Waals surface area contributed by atoms with Crippen LogP contribution in [0, 0.1) is 0 Å². The fourth-order valence-corrected chi connectivity index (χ4v) is 2.73. The molecule has 0 aromatic carbocycles. The highest BCUT2D eigenvalue weighted by Gasteiger charge is 2.24. The number of ether oxygens (including phenoxy) is 1. The smallest absolute Gasteiger partial charge is 0.408 e. The molecule has 8 nitrogen and oxygen atoms in total. The number of carbonyl (C=O) groups excluding carboxylic acids is 1. The number of aromatic nitrogens is 1. The lowest BCUT2D eigenvalue weighted by Gasteiger charge is -2.29. The number of guanidine groups is 1. The Hall–Kier alpha value is -2.25. The number of rotatable bonds is 9. The van der Waals surface area contributed by atoms with Gasteiger partial charge in [0, 0.05) is 25.1 Å². The maximum atomic E-state index is 12.0. The second kappa shape index (κ2) is 11.1.